The number of methoxy groups -OCH3 is 1. The summed E-state index contributed by atoms with van der Waals surface area (Å²) in [6, 6.07) is 16.6. The predicted octanol–water partition coefficient (Wildman–Crippen LogP) is 3.87. The Balaban J connectivity index is 1.70. The molecule has 1 aromatic heterocycles. The lowest BCUT2D eigenvalue weighted by Crippen LogP contribution is -2.36. The Bertz CT molecular complexity index is 946. The molecule has 1 N–H and O–H groups in total. The number of hydrogen-bond donors (Lipinski definition) is 1. The SMILES string of the molecule is COc1ccc(Nc2nc(-c3ccccc3)cc(N3CCOCC3)n2)cc1F. The highest BCUT2D eigenvalue weighted by molar-refractivity contribution is 5.66. The molecule has 1 fully saturated rings. The Hall–Kier alpha value is -3.19. The van der Waals surface area contributed by atoms with Gasteiger partial charge in [0.25, 0.3) is 0 Å². The van der Waals surface area contributed by atoms with Crippen molar-refractivity contribution in [3.05, 3.63) is 60.4 Å². The number of hydrogen-bond acceptors (Lipinski definition) is 6. The van der Waals surface area contributed by atoms with Gasteiger partial charge in [0.1, 0.15) is 5.82 Å². The summed E-state index contributed by atoms with van der Waals surface area (Å²) in [5.74, 6) is 0.972. The molecule has 0 aliphatic carbocycles. The second kappa shape index (κ2) is 8.22. The van der Waals surface area contributed by atoms with Gasteiger partial charge in [-0.1, -0.05) is 30.3 Å². The van der Waals surface area contributed by atoms with Crippen molar-refractivity contribution in [1.29, 1.82) is 0 Å². The molecular weight excluding hydrogens is 359 g/mol. The summed E-state index contributed by atoms with van der Waals surface area (Å²) in [6.07, 6.45) is 0. The fraction of sp³-hybridized carbons (Fsp3) is 0.238. The van der Waals surface area contributed by atoms with Gasteiger partial charge in [-0.15, -0.1) is 0 Å². The van der Waals surface area contributed by atoms with E-state index < -0.39 is 5.82 Å². The van der Waals surface area contributed by atoms with Gasteiger partial charge in [0.15, 0.2) is 11.6 Å². The van der Waals surface area contributed by atoms with Crippen LogP contribution >= 0.6 is 0 Å². The van der Waals surface area contributed by atoms with Crippen molar-refractivity contribution in [2.45, 2.75) is 0 Å². The molecule has 0 amide bonds. The number of nitrogens with zero attached hydrogens (tertiary/aromatic N) is 3. The molecule has 1 aliphatic heterocycles. The molecule has 0 spiro atoms. The van der Waals surface area contributed by atoms with Crippen molar-refractivity contribution in [1.82, 2.24) is 9.97 Å². The van der Waals surface area contributed by atoms with Crippen LogP contribution in [0.25, 0.3) is 11.3 Å². The van der Waals surface area contributed by atoms with Gasteiger partial charge in [-0.05, 0) is 12.1 Å². The summed E-state index contributed by atoms with van der Waals surface area (Å²) in [7, 11) is 1.44. The highest BCUT2D eigenvalue weighted by Gasteiger charge is 2.16. The first-order chi connectivity index (χ1) is 13.7. The molecule has 3 aromatic rings. The Kier molecular flexibility index (Phi) is 5.34. The van der Waals surface area contributed by atoms with Crippen molar-refractivity contribution >= 4 is 17.5 Å². The van der Waals surface area contributed by atoms with Crippen molar-refractivity contribution in [3.63, 3.8) is 0 Å². The van der Waals surface area contributed by atoms with Gasteiger partial charge >= 0.3 is 0 Å². The van der Waals surface area contributed by atoms with Crippen LogP contribution in [0.2, 0.25) is 0 Å². The molecule has 0 saturated carbocycles. The highest BCUT2D eigenvalue weighted by Crippen LogP contribution is 2.27. The second-order valence-corrected chi connectivity index (χ2v) is 6.37. The van der Waals surface area contributed by atoms with Crippen molar-refractivity contribution < 1.29 is 13.9 Å². The first-order valence-corrected chi connectivity index (χ1v) is 9.11. The van der Waals surface area contributed by atoms with E-state index in [-0.39, 0.29) is 5.75 Å². The highest BCUT2D eigenvalue weighted by atomic mass is 19.1. The fourth-order valence-corrected chi connectivity index (χ4v) is 3.07. The molecule has 4 rings (SSSR count). The minimum absolute atomic E-state index is 0.193. The Morgan fingerprint density at radius 1 is 1.04 bits per heavy atom. The van der Waals surface area contributed by atoms with Gasteiger partial charge in [-0.3, -0.25) is 0 Å². The molecule has 2 heterocycles. The van der Waals surface area contributed by atoms with Crippen molar-refractivity contribution in [3.8, 4) is 17.0 Å². The maximum atomic E-state index is 14.0. The third-order valence-corrected chi connectivity index (χ3v) is 4.53. The summed E-state index contributed by atoms with van der Waals surface area (Å²) in [5, 5.41) is 3.11. The van der Waals surface area contributed by atoms with Crippen LogP contribution in [-0.2, 0) is 4.74 Å². The van der Waals surface area contributed by atoms with Gasteiger partial charge in [-0.25, -0.2) is 9.37 Å². The third kappa shape index (κ3) is 4.04. The Morgan fingerprint density at radius 2 is 1.82 bits per heavy atom. The number of rotatable bonds is 5. The smallest absolute Gasteiger partial charge is 0.229 e. The largest absolute Gasteiger partial charge is 0.494 e. The van der Waals surface area contributed by atoms with Gasteiger partial charge in [0.2, 0.25) is 5.95 Å². The van der Waals surface area contributed by atoms with Gasteiger partial charge < -0.3 is 19.7 Å². The quantitative estimate of drug-likeness (QED) is 0.725. The lowest BCUT2D eigenvalue weighted by molar-refractivity contribution is 0.122. The minimum atomic E-state index is -0.444. The summed E-state index contributed by atoms with van der Waals surface area (Å²) in [5.41, 5.74) is 2.34. The monoisotopic (exact) mass is 380 g/mol. The maximum Gasteiger partial charge on any atom is 0.229 e. The molecule has 0 unspecified atom stereocenters. The molecule has 28 heavy (non-hydrogen) atoms. The first-order valence-electron chi connectivity index (χ1n) is 9.11. The third-order valence-electron chi connectivity index (χ3n) is 4.53. The van der Waals surface area contributed by atoms with E-state index in [2.05, 4.69) is 20.2 Å². The van der Waals surface area contributed by atoms with Crippen LogP contribution in [0.3, 0.4) is 0 Å². The number of aromatic nitrogens is 2. The zero-order chi connectivity index (χ0) is 19.3. The minimum Gasteiger partial charge on any atom is -0.494 e. The van der Waals surface area contributed by atoms with Gasteiger partial charge in [-0.2, -0.15) is 4.98 Å². The maximum absolute atomic E-state index is 14.0. The Morgan fingerprint density at radius 3 is 2.54 bits per heavy atom. The Labute approximate surface area is 163 Å². The molecule has 1 aliphatic rings. The van der Waals surface area contributed by atoms with Crippen LogP contribution in [0.1, 0.15) is 0 Å². The average Bonchev–Trinajstić information content (AvgIpc) is 2.75. The number of anilines is 3. The summed E-state index contributed by atoms with van der Waals surface area (Å²) < 4.78 is 24.5. The van der Waals surface area contributed by atoms with E-state index in [9.17, 15) is 4.39 Å². The van der Waals surface area contributed by atoms with Crippen molar-refractivity contribution in [2.75, 3.05) is 43.6 Å². The zero-order valence-corrected chi connectivity index (χ0v) is 15.6. The van der Waals surface area contributed by atoms with Crippen LogP contribution in [0, 0.1) is 5.82 Å². The predicted molar refractivity (Wildman–Crippen MR) is 107 cm³/mol. The molecule has 7 heteroatoms. The van der Waals surface area contributed by atoms with Crippen molar-refractivity contribution in [2.24, 2.45) is 0 Å². The molecular formula is C21H21FN4O2. The van der Waals surface area contributed by atoms with E-state index >= 15 is 0 Å². The van der Waals surface area contributed by atoms with Crippen LogP contribution in [0.5, 0.6) is 5.75 Å². The molecule has 0 radical (unpaired) electrons. The molecule has 0 bridgehead atoms. The van der Waals surface area contributed by atoms with Crippen LogP contribution in [-0.4, -0.2) is 43.4 Å². The normalized spacial score (nSPS) is 14.0. The number of ether oxygens (including phenoxy) is 2. The van der Waals surface area contributed by atoms with Crippen LogP contribution in [0.4, 0.5) is 21.8 Å². The number of halogens is 1. The zero-order valence-electron chi connectivity index (χ0n) is 15.6. The first kappa shape index (κ1) is 18.2. The lowest BCUT2D eigenvalue weighted by atomic mass is 10.1. The average molecular weight is 380 g/mol. The number of benzene rings is 2. The van der Waals surface area contributed by atoms with E-state index in [1.54, 1.807) is 12.1 Å². The van der Waals surface area contributed by atoms with E-state index in [1.165, 1.54) is 13.2 Å². The summed E-state index contributed by atoms with van der Waals surface area (Å²) >= 11 is 0. The topological polar surface area (TPSA) is 59.5 Å². The molecule has 144 valence electrons. The van der Waals surface area contributed by atoms with E-state index in [0.29, 0.717) is 24.8 Å². The van der Waals surface area contributed by atoms with E-state index in [0.717, 1.165) is 30.2 Å². The fourth-order valence-electron chi connectivity index (χ4n) is 3.07. The van der Waals surface area contributed by atoms with E-state index in [4.69, 9.17) is 9.47 Å². The molecule has 6 nitrogen and oxygen atoms in total. The molecule has 2 aromatic carbocycles. The summed E-state index contributed by atoms with van der Waals surface area (Å²) in [6.45, 7) is 2.86. The molecule has 1 saturated heterocycles. The van der Waals surface area contributed by atoms with E-state index in [1.807, 2.05) is 36.4 Å². The van der Waals surface area contributed by atoms with Gasteiger partial charge in [0.05, 0.1) is 26.0 Å². The summed E-state index contributed by atoms with van der Waals surface area (Å²) in [4.78, 5) is 11.4. The number of morpholine rings is 1. The van der Waals surface area contributed by atoms with Crippen LogP contribution < -0.4 is 15.0 Å². The van der Waals surface area contributed by atoms with Crippen LogP contribution in [0.15, 0.2) is 54.6 Å². The van der Waals surface area contributed by atoms with Gasteiger partial charge in [0, 0.05) is 36.5 Å². The molecule has 0 atom stereocenters. The standard InChI is InChI=1S/C21H21FN4O2/c1-27-19-8-7-16(13-17(19)22)23-21-24-18(15-5-3-2-4-6-15)14-20(25-21)26-9-11-28-12-10-26/h2-8,13-14H,9-12H2,1H3,(H,23,24,25). The number of nitrogens with one attached hydrogen (secondary N) is 1. The second-order valence-electron chi connectivity index (χ2n) is 6.37. The lowest BCUT2D eigenvalue weighted by Gasteiger charge is -2.28.